The van der Waals surface area contributed by atoms with Gasteiger partial charge in [-0.2, -0.15) is 24.9 Å². The monoisotopic (exact) mass is 2130 g/mol. The van der Waals surface area contributed by atoms with Crippen LogP contribution in [0.4, 0.5) is 41.1 Å². The van der Waals surface area contributed by atoms with Gasteiger partial charge in [0.05, 0.1) is 84.0 Å². The Morgan fingerprint density at radius 1 is 0.322 bits per heavy atom. The van der Waals surface area contributed by atoms with Crippen LogP contribution in [0.2, 0.25) is 0 Å². The SMILES string of the molecule is Nc1ccn([C@H]2C[C@H](OP(=O)(O)OC[C@H]3O[C@@H](n4cnc5c(=O)[nH]c(N)nc54)C[C@@H]3OP(=O)(O)OC[C@H]3O[C@@H](n4cnc5c(N)ncnc54)C[C@@H]3OP(=O)(O)OC[C@H]3O[C@@H](n4cnc5c(N)ncnc54)C[C@@H]3OP(=O)(O)OC[C@H]3O[C@@H](n4cnc5c(=O)[nH]c(N)nc54)C[C@@H]3OP(=O)(O)OC[C@H]3O[C@@H](n4ccc(N)nc4=O)C[C@@H]3O)[C@@H](COP(=O)(O)O[C@H]3C[C@H](n4cnc5c(=O)[nH]c(N)nc54)O[C@@H]3CO)O2)c(=O)n1. The molecule has 25 N–H and O–H groups in total. The van der Waals surface area contributed by atoms with Crippen LogP contribution < -0.4 is 68.2 Å². The molecule has 0 radical (unpaired) electrons. The molecule has 7 aliphatic rings. The number of nitrogen functional groups attached to an aromatic ring is 7. The van der Waals surface area contributed by atoms with Gasteiger partial charge in [-0.05, 0) is 12.1 Å². The van der Waals surface area contributed by atoms with Crippen molar-refractivity contribution in [1.29, 1.82) is 0 Å². The molecule has 7 aliphatic heterocycles. The van der Waals surface area contributed by atoms with Gasteiger partial charge in [-0.15, -0.1) is 0 Å². The number of nitrogens with one attached hydrogen (secondary N) is 3. The summed E-state index contributed by atoms with van der Waals surface area (Å²) >= 11 is 0. The Hall–Kier alpha value is -11.2. The van der Waals surface area contributed by atoms with Crippen molar-refractivity contribution in [3.63, 3.8) is 0 Å². The average Bonchev–Trinajstić information content (AvgIpc) is 1.62. The number of rotatable bonds is 38. The molecule has 0 saturated carbocycles. The molecule has 7 saturated heterocycles. The number of imidazole rings is 5. The molecule has 75 heteroatoms. The van der Waals surface area contributed by atoms with Crippen LogP contribution in [-0.4, -0.2) is 288 Å². The minimum absolute atomic E-state index is 0.0263. The molecule has 770 valence electrons. The number of aromatic nitrogens is 24. The smallest absolute Gasteiger partial charge is 0.394 e. The quantitative estimate of drug-likeness (QED) is 0.0172. The van der Waals surface area contributed by atoms with Gasteiger partial charge in [0.2, 0.25) is 17.8 Å². The van der Waals surface area contributed by atoms with E-state index in [2.05, 4.69) is 84.7 Å². The minimum Gasteiger partial charge on any atom is -0.394 e. The first kappa shape index (κ1) is 100. The zero-order valence-electron chi connectivity index (χ0n) is 72.8. The van der Waals surface area contributed by atoms with Crippen molar-refractivity contribution >= 4 is 144 Å². The van der Waals surface area contributed by atoms with Gasteiger partial charge in [0.1, 0.15) is 158 Å². The molecular weight excluding hydrogens is 2040 g/mol. The minimum atomic E-state index is -5.69. The molecule has 27 atom stereocenters. The van der Waals surface area contributed by atoms with Gasteiger partial charge >= 0.3 is 58.3 Å². The van der Waals surface area contributed by atoms with Gasteiger partial charge in [-0.1, -0.05) is 0 Å². The molecule has 12 aromatic heterocycles. The fourth-order valence-corrected chi connectivity index (χ4v) is 22.7. The number of phosphoric acid groups is 6. The Morgan fingerprint density at radius 3 is 0.853 bits per heavy atom. The molecule has 143 heavy (non-hydrogen) atoms. The second-order valence-electron chi connectivity index (χ2n) is 32.8. The number of nitrogens with two attached hydrogens (primary N) is 7. The van der Waals surface area contributed by atoms with E-state index in [-0.39, 0.29) is 104 Å². The van der Waals surface area contributed by atoms with Gasteiger partial charge < -0.3 is 113 Å². The maximum Gasteiger partial charge on any atom is 0.472 e. The van der Waals surface area contributed by atoms with Gasteiger partial charge in [0.25, 0.3) is 16.7 Å². The number of hydrogen-bond donors (Lipinski definition) is 18. The number of ether oxygens (including phenoxy) is 7. The largest absolute Gasteiger partial charge is 0.472 e. The molecule has 0 aliphatic carbocycles. The van der Waals surface area contributed by atoms with E-state index in [1.54, 1.807) is 0 Å². The summed E-state index contributed by atoms with van der Waals surface area (Å²) in [5.41, 5.74) is 36.2. The Kier molecular flexibility index (Phi) is 27.9. The van der Waals surface area contributed by atoms with Crippen molar-refractivity contribution in [3.05, 3.63) is 121 Å². The Morgan fingerprint density at radius 2 is 0.566 bits per heavy atom. The lowest BCUT2D eigenvalue weighted by atomic mass is 10.2. The number of nitrogens with zero attached hydrogens (tertiary/aromatic N) is 21. The Balaban J connectivity index is 0.541. The summed E-state index contributed by atoms with van der Waals surface area (Å²) in [4.78, 5) is 198. The van der Waals surface area contributed by atoms with Crippen LogP contribution in [0.5, 0.6) is 0 Å². The summed E-state index contributed by atoms with van der Waals surface area (Å²) in [7, 11) is -33.2. The normalized spacial score (nSPS) is 29.5. The maximum absolute atomic E-state index is 14.7. The van der Waals surface area contributed by atoms with Crippen molar-refractivity contribution in [2.24, 2.45) is 0 Å². The van der Waals surface area contributed by atoms with E-state index >= 15 is 0 Å². The van der Waals surface area contributed by atoms with Gasteiger partial charge in [-0.3, -0.25) is 116 Å². The number of aliphatic hydroxyl groups is 2. The molecule has 0 aromatic carbocycles. The fourth-order valence-electron chi connectivity index (χ4n) is 17.0. The topological polar surface area (TPSA) is 969 Å². The van der Waals surface area contributed by atoms with Crippen molar-refractivity contribution in [3.8, 4) is 0 Å². The highest BCUT2D eigenvalue weighted by molar-refractivity contribution is 7.48. The highest BCUT2D eigenvalue weighted by Crippen LogP contribution is 2.58. The summed E-state index contributed by atoms with van der Waals surface area (Å²) in [6.45, 7) is -7.06. The maximum atomic E-state index is 14.7. The molecule has 19 heterocycles. The highest BCUT2D eigenvalue weighted by Gasteiger charge is 2.53. The summed E-state index contributed by atoms with van der Waals surface area (Å²) in [5, 5.41) is 21.2. The second-order valence-corrected chi connectivity index (χ2v) is 41.3. The summed E-state index contributed by atoms with van der Waals surface area (Å²) in [6.07, 6.45) is -24.8. The van der Waals surface area contributed by atoms with Crippen LogP contribution >= 0.6 is 46.9 Å². The molecular formula is C68H85N31O38P6. The zero-order valence-corrected chi connectivity index (χ0v) is 78.2. The zero-order chi connectivity index (χ0) is 101. The van der Waals surface area contributed by atoms with Crippen molar-refractivity contribution in [2.75, 3.05) is 86.4 Å². The van der Waals surface area contributed by atoms with E-state index in [4.69, 9.17) is 128 Å². The third-order valence-electron chi connectivity index (χ3n) is 23.5. The Bertz CT molecular complexity index is 7480. The van der Waals surface area contributed by atoms with Crippen LogP contribution in [0.3, 0.4) is 0 Å². The molecule has 7 fully saturated rings. The standard InChI is InChI=1S/C68H85N31O38P6/c69-40-1-3-93(67(105)85-40)42-5-26(101)34(126-42)13-119-138(107,108)134-31-10-47(98-24-83-52-59(98)88-65(74)91-62(52)103)130-38(31)17-124-142(115,116)136-30-9-45(96-22-81-50-55(72)77-20-79-57(50)96)128-36(30)15-121-141(113,114)135-29-8-44(95-21-80-49-54(71)76-19-78-56(49)95)129-37(29)16-122-143(117,118)137-32-11-48(99-25-84-53-60(99)89-66(75)92-63(53)104)131-39(32)18-123-140(111,112)133-28-7-43(94-4-2-41(70)86-68(94)106)127-35(28)14-120-139(109,110)132-27-6-46(125-33(27)12-100)97-23-82-51-58(97)87-64(73)90-61(51)102/h1-4,19-39,42-48,100-101H,5-18H2,(H,107,108)(H,109,110)(H,111,112)(H,113,114)(H,115,116)(H,117,118)(H2,69,85,105)(H2,70,86,106)(H2,71,76,78)(H2,72,77,79)(H3,73,87,90,102)(H3,74,88,91,103)(H3,75,89,92,104)/t26-,27-,28-,29-,30-,31-,32-,33+,34+,35+,36+,37+,38+,39+,42+,43+,44+,45+,46+,47+,48+/m0/s1. The van der Waals surface area contributed by atoms with Gasteiger partial charge in [0.15, 0.2) is 56.4 Å². The lowest BCUT2D eigenvalue weighted by molar-refractivity contribution is -0.0646. The lowest BCUT2D eigenvalue weighted by Gasteiger charge is -2.26. The molecule has 0 amide bonds. The van der Waals surface area contributed by atoms with E-state index in [1.165, 1.54) is 55.6 Å². The number of phosphoric ester groups is 6. The second kappa shape index (κ2) is 39.6. The van der Waals surface area contributed by atoms with Gasteiger partial charge in [-0.25, -0.2) is 81.8 Å². The molecule has 12 aromatic rings. The van der Waals surface area contributed by atoms with Crippen LogP contribution in [0, 0.1) is 0 Å². The molecule has 0 bridgehead atoms. The number of aliphatic hydroxyl groups excluding tert-OH is 2. The van der Waals surface area contributed by atoms with Crippen molar-refractivity contribution in [1.82, 2.24) is 117 Å². The summed E-state index contributed by atoms with van der Waals surface area (Å²) < 4.78 is 204. The fraction of sp³-hybridized carbons (Fsp3) is 0.515. The van der Waals surface area contributed by atoms with Crippen molar-refractivity contribution < 1.29 is 154 Å². The molecule has 6 unspecified atom stereocenters. The predicted molar refractivity (Wildman–Crippen MR) is 470 cm³/mol. The number of hydrogen-bond acceptors (Lipinski definition) is 53. The first-order chi connectivity index (χ1) is 67.9. The first-order valence-corrected chi connectivity index (χ1v) is 51.4. The van der Waals surface area contributed by atoms with Crippen LogP contribution in [0.25, 0.3) is 55.8 Å². The third kappa shape index (κ3) is 21.8. The number of fused-ring (bicyclic) bond motifs is 5. The summed E-state index contributed by atoms with van der Waals surface area (Å²) in [5.74, 6) is -1.58. The first-order valence-electron chi connectivity index (χ1n) is 42.5. The molecule has 69 nitrogen and oxygen atoms in total. The van der Waals surface area contributed by atoms with Crippen LogP contribution in [0.15, 0.2) is 92.8 Å². The Labute approximate surface area is 793 Å². The van der Waals surface area contributed by atoms with Gasteiger partial charge in [0, 0.05) is 57.3 Å². The third-order valence-corrected chi connectivity index (χ3v) is 29.6. The van der Waals surface area contributed by atoms with E-state index in [0.717, 1.165) is 45.2 Å². The number of anilines is 7. The molecule has 0 spiro atoms. The lowest BCUT2D eigenvalue weighted by Crippen LogP contribution is -2.32. The predicted octanol–water partition coefficient (Wildman–Crippen LogP) is -2.97. The van der Waals surface area contributed by atoms with E-state index in [9.17, 15) is 90.9 Å². The highest BCUT2D eigenvalue weighted by atomic mass is 31.2. The average molecular weight is 2130 g/mol. The van der Waals surface area contributed by atoms with E-state index in [1.807, 2.05) is 0 Å². The van der Waals surface area contributed by atoms with E-state index < -0.39 is 288 Å². The van der Waals surface area contributed by atoms with Crippen molar-refractivity contribution in [2.45, 2.75) is 174 Å². The van der Waals surface area contributed by atoms with Crippen LogP contribution in [0.1, 0.15) is 88.5 Å². The van der Waals surface area contributed by atoms with Crippen LogP contribution in [-0.2, 0) is 115 Å². The van der Waals surface area contributed by atoms with E-state index in [0.29, 0.717) is 0 Å². The summed E-state index contributed by atoms with van der Waals surface area (Å²) in [6, 6.07) is 2.50. The number of H-pyrrole nitrogens is 3. The number of aromatic amines is 3. The molecule has 19 rings (SSSR count).